The number of hydrogen-bond donors (Lipinski definition) is 3. The fraction of sp³-hybridized carbons (Fsp3) is 0.538. The molecule has 1 heterocycles. The van der Waals surface area contributed by atoms with Gasteiger partial charge >= 0.3 is 0 Å². The van der Waals surface area contributed by atoms with Gasteiger partial charge in [0.1, 0.15) is 4.90 Å². The van der Waals surface area contributed by atoms with Gasteiger partial charge in [-0.1, -0.05) is 12.1 Å². The maximum Gasteiger partial charge on any atom is 0.242 e. The van der Waals surface area contributed by atoms with Crippen LogP contribution in [0.3, 0.4) is 0 Å². The number of sulfonamides is 1. The fourth-order valence-corrected chi connectivity index (χ4v) is 3.93. The topological polar surface area (TPSA) is 89.9 Å². The van der Waals surface area contributed by atoms with Crippen LogP contribution in [-0.2, 0) is 10.0 Å². The molecule has 0 amide bonds. The molecule has 3 N–H and O–H groups in total. The number of nitrogens with one attached hydrogen (secondary N) is 1. The van der Waals surface area contributed by atoms with E-state index in [4.69, 9.17) is 0 Å². The quantitative estimate of drug-likeness (QED) is 0.708. The van der Waals surface area contributed by atoms with Crippen molar-refractivity contribution < 1.29 is 18.6 Å². The van der Waals surface area contributed by atoms with Crippen molar-refractivity contribution in [2.24, 2.45) is 0 Å². The summed E-state index contributed by atoms with van der Waals surface area (Å²) in [6, 6.07) is 6.72. The fourth-order valence-electron chi connectivity index (χ4n) is 2.40. The molecular weight excluding hydrogens is 280 g/mol. The molecule has 1 aromatic rings. The third-order valence-corrected chi connectivity index (χ3v) is 5.22. The Morgan fingerprint density at radius 1 is 1.10 bits per heavy atom. The Labute approximate surface area is 118 Å². The summed E-state index contributed by atoms with van der Waals surface area (Å²) in [5.74, 6) is 0. The smallest absolute Gasteiger partial charge is 0.242 e. The third-order valence-electron chi connectivity index (χ3n) is 3.65. The Bertz CT molecular complexity index is 590. The van der Waals surface area contributed by atoms with Gasteiger partial charge in [-0.05, 0) is 25.0 Å². The van der Waals surface area contributed by atoms with Crippen LogP contribution in [0.5, 0.6) is 0 Å². The second kappa shape index (κ2) is 5.00. The molecular formula is C13H18N2O4S. The number of rotatable bonds is 4. The molecule has 0 spiro atoms. The predicted octanol–water partition coefficient (Wildman–Crippen LogP) is -0.331. The summed E-state index contributed by atoms with van der Waals surface area (Å²) in [5.41, 5.74) is 0.524. The average molecular weight is 298 g/mol. The molecule has 0 bridgehead atoms. The molecule has 20 heavy (non-hydrogen) atoms. The minimum atomic E-state index is -3.56. The number of anilines is 1. The zero-order chi connectivity index (χ0) is 14.3. The predicted molar refractivity (Wildman–Crippen MR) is 74.0 cm³/mol. The van der Waals surface area contributed by atoms with Crippen LogP contribution in [0.2, 0.25) is 0 Å². The van der Waals surface area contributed by atoms with Crippen molar-refractivity contribution in [3.63, 3.8) is 0 Å². The maximum atomic E-state index is 12.4. The van der Waals surface area contributed by atoms with E-state index in [1.54, 1.807) is 29.2 Å². The van der Waals surface area contributed by atoms with Crippen LogP contribution in [0.4, 0.5) is 5.69 Å². The summed E-state index contributed by atoms with van der Waals surface area (Å²) < 4.78 is 27.4. The van der Waals surface area contributed by atoms with E-state index >= 15 is 0 Å². The van der Waals surface area contributed by atoms with Gasteiger partial charge < -0.3 is 15.1 Å². The Morgan fingerprint density at radius 3 is 2.30 bits per heavy atom. The normalized spacial score (nSPS) is 27.0. The van der Waals surface area contributed by atoms with Gasteiger partial charge in [-0.25, -0.2) is 13.1 Å². The molecule has 2 unspecified atom stereocenters. The highest BCUT2D eigenvalue weighted by atomic mass is 32.2. The lowest BCUT2D eigenvalue weighted by molar-refractivity contribution is 0.0572. The van der Waals surface area contributed by atoms with E-state index in [-0.39, 0.29) is 24.0 Å². The SMILES string of the molecule is O=S(=O)(NC1CC1)c1ccccc1N1CC(O)C(O)C1. The second-order valence-corrected chi connectivity index (χ2v) is 7.09. The molecule has 7 heteroatoms. The molecule has 6 nitrogen and oxygen atoms in total. The van der Waals surface area contributed by atoms with Crippen LogP contribution < -0.4 is 9.62 Å². The molecule has 110 valence electrons. The van der Waals surface area contributed by atoms with Crippen LogP contribution in [0, 0.1) is 0 Å². The van der Waals surface area contributed by atoms with Gasteiger partial charge in [0.2, 0.25) is 10.0 Å². The number of hydrogen-bond acceptors (Lipinski definition) is 5. The van der Waals surface area contributed by atoms with Crippen LogP contribution in [0.1, 0.15) is 12.8 Å². The van der Waals surface area contributed by atoms with E-state index in [1.165, 1.54) is 0 Å². The van der Waals surface area contributed by atoms with Crippen molar-refractivity contribution in [1.82, 2.24) is 4.72 Å². The van der Waals surface area contributed by atoms with Gasteiger partial charge in [0.25, 0.3) is 0 Å². The molecule has 2 fully saturated rings. The van der Waals surface area contributed by atoms with Crippen molar-refractivity contribution in [2.45, 2.75) is 36.0 Å². The summed E-state index contributed by atoms with van der Waals surface area (Å²) in [4.78, 5) is 1.91. The van der Waals surface area contributed by atoms with E-state index < -0.39 is 22.2 Å². The molecule has 2 atom stereocenters. The zero-order valence-corrected chi connectivity index (χ0v) is 11.8. The highest BCUT2D eigenvalue weighted by Crippen LogP contribution is 2.30. The van der Waals surface area contributed by atoms with E-state index in [2.05, 4.69) is 4.72 Å². The highest BCUT2D eigenvalue weighted by Gasteiger charge is 2.34. The van der Waals surface area contributed by atoms with Crippen molar-refractivity contribution in [3.05, 3.63) is 24.3 Å². The van der Waals surface area contributed by atoms with Crippen LogP contribution >= 0.6 is 0 Å². The largest absolute Gasteiger partial charge is 0.389 e. The van der Waals surface area contributed by atoms with Gasteiger partial charge in [-0.2, -0.15) is 0 Å². The monoisotopic (exact) mass is 298 g/mol. The summed E-state index contributed by atoms with van der Waals surface area (Å²) in [6.07, 6.45) is 0.0646. The standard InChI is InChI=1S/C13H18N2O4S/c16-11-7-15(8-12(11)17)10-3-1-2-4-13(10)20(18,19)14-9-5-6-9/h1-4,9,11-12,14,16-17H,5-8H2. The molecule has 1 aliphatic heterocycles. The highest BCUT2D eigenvalue weighted by molar-refractivity contribution is 7.89. The molecule has 1 saturated carbocycles. The summed E-state index contributed by atoms with van der Waals surface area (Å²) in [7, 11) is -3.56. The van der Waals surface area contributed by atoms with Gasteiger partial charge in [0.05, 0.1) is 17.9 Å². The maximum absolute atomic E-state index is 12.4. The number of benzene rings is 1. The summed E-state index contributed by atoms with van der Waals surface area (Å²) in [5, 5.41) is 19.2. The van der Waals surface area contributed by atoms with Crippen LogP contribution in [0.15, 0.2) is 29.2 Å². The van der Waals surface area contributed by atoms with Crippen molar-refractivity contribution >= 4 is 15.7 Å². The van der Waals surface area contributed by atoms with Crippen molar-refractivity contribution in [2.75, 3.05) is 18.0 Å². The first-order valence-electron chi connectivity index (χ1n) is 6.70. The minimum absolute atomic E-state index is 0.0443. The first-order chi connectivity index (χ1) is 9.47. The van der Waals surface area contributed by atoms with Gasteiger partial charge in [0.15, 0.2) is 0 Å². The Kier molecular flexibility index (Phi) is 3.45. The molecule has 1 saturated heterocycles. The van der Waals surface area contributed by atoms with E-state index in [9.17, 15) is 18.6 Å². The lowest BCUT2D eigenvalue weighted by atomic mass is 10.3. The van der Waals surface area contributed by atoms with E-state index in [0.717, 1.165) is 12.8 Å². The lowest BCUT2D eigenvalue weighted by Crippen LogP contribution is -2.29. The molecule has 0 radical (unpaired) electrons. The average Bonchev–Trinajstić information content (AvgIpc) is 3.14. The number of aliphatic hydroxyl groups excluding tert-OH is 2. The van der Waals surface area contributed by atoms with Crippen LogP contribution in [0.25, 0.3) is 0 Å². The Hall–Kier alpha value is -1.15. The first kappa shape index (κ1) is 13.8. The van der Waals surface area contributed by atoms with Gasteiger partial charge in [-0.3, -0.25) is 0 Å². The number of β-amino-alcohol motifs (C(OH)–C–C–N with tert-alkyl or cyclic N) is 2. The molecule has 3 rings (SSSR count). The molecule has 0 aromatic heterocycles. The van der Waals surface area contributed by atoms with Crippen LogP contribution in [-0.4, -0.2) is 50.0 Å². The third kappa shape index (κ3) is 2.67. The van der Waals surface area contributed by atoms with Crippen molar-refractivity contribution in [3.8, 4) is 0 Å². The Morgan fingerprint density at radius 2 is 1.70 bits per heavy atom. The second-order valence-electron chi connectivity index (χ2n) is 5.40. The zero-order valence-electron chi connectivity index (χ0n) is 10.9. The summed E-state index contributed by atoms with van der Waals surface area (Å²) in [6.45, 7) is 0.467. The molecule has 2 aliphatic rings. The number of para-hydroxylation sites is 1. The molecule has 1 aromatic carbocycles. The lowest BCUT2D eigenvalue weighted by Gasteiger charge is -2.21. The Balaban J connectivity index is 1.92. The summed E-state index contributed by atoms with van der Waals surface area (Å²) >= 11 is 0. The van der Waals surface area contributed by atoms with Crippen molar-refractivity contribution in [1.29, 1.82) is 0 Å². The first-order valence-corrected chi connectivity index (χ1v) is 8.18. The van der Waals surface area contributed by atoms with E-state index in [1.807, 2.05) is 0 Å². The van der Waals surface area contributed by atoms with Gasteiger partial charge in [0, 0.05) is 19.1 Å². The molecule has 1 aliphatic carbocycles. The minimum Gasteiger partial charge on any atom is -0.389 e. The van der Waals surface area contributed by atoms with Gasteiger partial charge in [-0.15, -0.1) is 0 Å². The number of nitrogens with zero attached hydrogens (tertiary/aromatic N) is 1. The van der Waals surface area contributed by atoms with E-state index in [0.29, 0.717) is 5.69 Å². The number of aliphatic hydroxyl groups is 2.